The lowest BCUT2D eigenvalue weighted by Crippen LogP contribution is -2.23. The molecule has 6 rings (SSSR count). The Balaban J connectivity index is 1.38. The number of hydrogen-bond acceptors (Lipinski definition) is 8. The number of carbonyl (C=O) groups excluding carboxylic acids is 1. The zero-order valence-electron chi connectivity index (χ0n) is 19.1. The quantitative estimate of drug-likeness (QED) is 0.263. The molecule has 5 aromatic rings. The molecule has 13 heteroatoms. The van der Waals surface area contributed by atoms with E-state index in [4.69, 9.17) is 9.98 Å². The van der Waals surface area contributed by atoms with Crippen LogP contribution in [0.4, 0.5) is 0 Å². The molecule has 1 fully saturated rings. The number of aromatic nitrogens is 7. The summed E-state index contributed by atoms with van der Waals surface area (Å²) in [6.07, 6.45) is 8.77. The summed E-state index contributed by atoms with van der Waals surface area (Å²) in [6, 6.07) is 5.73. The number of fused-ring (bicyclic) bond motifs is 1. The Bertz CT molecular complexity index is 1780. The number of aryl methyl sites for hydroxylation is 1. The summed E-state index contributed by atoms with van der Waals surface area (Å²) in [7, 11) is 1.88. The van der Waals surface area contributed by atoms with Gasteiger partial charge in [0.2, 0.25) is 5.88 Å². The predicted molar refractivity (Wildman–Crippen MR) is 131 cm³/mol. The molecule has 0 aromatic carbocycles. The van der Waals surface area contributed by atoms with Gasteiger partial charge in [-0.2, -0.15) is 9.61 Å². The van der Waals surface area contributed by atoms with Gasteiger partial charge in [0, 0.05) is 30.7 Å². The number of nitrogens with zero attached hydrogens (tertiary/aromatic N) is 6. The highest BCUT2D eigenvalue weighted by molar-refractivity contribution is 7.17. The number of carbonyl (C=O) groups is 1. The van der Waals surface area contributed by atoms with Crippen molar-refractivity contribution in [2.45, 2.75) is 25.4 Å². The van der Waals surface area contributed by atoms with E-state index in [0.29, 0.717) is 33.5 Å². The topological polar surface area (TPSA) is 158 Å². The summed E-state index contributed by atoms with van der Waals surface area (Å²) in [6.45, 7) is 0.327. The van der Waals surface area contributed by atoms with Crippen LogP contribution >= 0.6 is 11.3 Å². The number of aromatic amines is 2. The van der Waals surface area contributed by atoms with E-state index in [-0.39, 0.29) is 23.5 Å². The van der Waals surface area contributed by atoms with Crippen molar-refractivity contribution in [3.05, 3.63) is 74.4 Å². The first kappa shape index (κ1) is 22.0. The Labute approximate surface area is 206 Å². The maximum absolute atomic E-state index is 12.7. The van der Waals surface area contributed by atoms with Gasteiger partial charge in [0.1, 0.15) is 11.5 Å². The van der Waals surface area contributed by atoms with Crippen molar-refractivity contribution < 1.29 is 9.90 Å². The largest absolute Gasteiger partial charge is 0.493 e. The lowest BCUT2D eigenvalue weighted by Gasteiger charge is -2.03. The van der Waals surface area contributed by atoms with Crippen LogP contribution in [0.1, 0.15) is 34.0 Å². The predicted octanol–water partition coefficient (Wildman–Crippen LogP) is 0.454. The van der Waals surface area contributed by atoms with E-state index in [1.165, 1.54) is 11.3 Å². The third-order valence-electron chi connectivity index (χ3n) is 5.79. The number of hydrogen-bond donors (Lipinski definition) is 4. The molecule has 1 aliphatic rings. The summed E-state index contributed by atoms with van der Waals surface area (Å²) in [4.78, 5) is 44.2. The molecule has 0 bridgehead atoms. The first-order valence-electron chi connectivity index (χ1n) is 11.2. The third-order valence-corrected chi connectivity index (χ3v) is 6.89. The van der Waals surface area contributed by atoms with Gasteiger partial charge in [-0.15, -0.1) is 11.3 Å². The van der Waals surface area contributed by atoms with Crippen LogP contribution in [0.2, 0.25) is 0 Å². The molecule has 0 saturated heterocycles. The summed E-state index contributed by atoms with van der Waals surface area (Å²) in [5, 5.41) is 17.9. The average molecular weight is 504 g/mol. The van der Waals surface area contributed by atoms with E-state index in [0.717, 1.165) is 23.5 Å². The molecule has 4 N–H and O–H groups in total. The van der Waals surface area contributed by atoms with E-state index >= 15 is 0 Å². The molecule has 0 aliphatic heterocycles. The number of aromatic hydroxyl groups is 1. The van der Waals surface area contributed by atoms with Gasteiger partial charge in [0.15, 0.2) is 11.1 Å². The minimum absolute atomic E-state index is 0.191. The van der Waals surface area contributed by atoms with Crippen molar-refractivity contribution in [1.29, 1.82) is 0 Å². The van der Waals surface area contributed by atoms with Crippen molar-refractivity contribution in [3.8, 4) is 16.5 Å². The van der Waals surface area contributed by atoms with Gasteiger partial charge >= 0.3 is 5.69 Å². The average Bonchev–Trinajstić information content (AvgIpc) is 3.21. The highest BCUT2D eigenvalue weighted by atomic mass is 32.1. The van der Waals surface area contributed by atoms with Crippen LogP contribution in [0.5, 0.6) is 5.88 Å². The molecular weight excluding hydrogens is 482 g/mol. The zero-order valence-corrected chi connectivity index (χ0v) is 19.9. The van der Waals surface area contributed by atoms with Gasteiger partial charge in [-0.25, -0.2) is 14.8 Å². The molecule has 5 aromatic heterocycles. The van der Waals surface area contributed by atoms with Crippen LogP contribution in [0.15, 0.2) is 46.6 Å². The lowest BCUT2D eigenvalue weighted by atomic mass is 10.3. The van der Waals surface area contributed by atoms with Crippen LogP contribution in [-0.4, -0.2) is 51.2 Å². The van der Waals surface area contributed by atoms with Gasteiger partial charge in [0.25, 0.3) is 5.91 Å². The number of imidazole rings is 2. The first-order chi connectivity index (χ1) is 17.4. The number of amides is 1. The van der Waals surface area contributed by atoms with Crippen LogP contribution < -0.4 is 21.7 Å². The van der Waals surface area contributed by atoms with Crippen LogP contribution in [0, 0.1) is 0 Å². The van der Waals surface area contributed by atoms with Crippen molar-refractivity contribution >= 4 is 29.0 Å². The van der Waals surface area contributed by atoms with E-state index in [9.17, 15) is 14.7 Å². The lowest BCUT2D eigenvalue weighted by molar-refractivity contribution is 0.0953. The molecule has 182 valence electrons. The monoisotopic (exact) mass is 503 g/mol. The van der Waals surface area contributed by atoms with Crippen LogP contribution in [0.25, 0.3) is 22.3 Å². The smallest absolute Gasteiger partial charge is 0.326 e. The van der Waals surface area contributed by atoms with Gasteiger partial charge in [0.05, 0.1) is 34.2 Å². The first-order valence-corrected chi connectivity index (χ1v) is 12.1. The molecule has 36 heavy (non-hydrogen) atoms. The molecule has 0 unspecified atom stereocenters. The minimum atomic E-state index is -0.513. The maximum atomic E-state index is 12.7. The molecule has 12 nitrogen and oxygen atoms in total. The molecule has 1 aliphatic carbocycles. The van der Waals surface area contributed by atoms with Gasteiger partial charge in [-0.05, 0) is 31.1 Å². The zero-order chi connectivity index (χ0) is 24.8. The molecule has 5 heterocycles. The highest BCUT2D eigenvalue weighted by Gasteiger charge is 2.21. The van der Waals surface area contributed by atoms with Gasteiger partial charge in [-0.1, -0.05) is 0 Å². The van der Waals surface area contributed by atoms with Crippen LogP contribution in [0.3, 0.4) is 0 Å². The van der Waals surface area contributed by atoms with Crippen LogP contribution in [-0.2, 0) is 13.6 Å². The fourth-order valence-corrected chi connectivity index (χ4v) is 4.62. The Morgan fingerprint density at radius 3 is 2.94 bits per heavy atom. The van der Waals surface area contributed by atoms with Gasteiger partial charge in [-0.3, -0.25) is 14.8 Å². The van der Waals surface area contributed by atoms with Crippen molar-refractivity contribution in [1.82, 2.24) is 39.4 Å². The summed E-state index contributed by atoms with van der Waals surface area (Å²) in [5.74, 6) is 0.305. The molecule has 1 saturated carbocycles. The van der Waals surface area contributed by atoms with Crippen molar-refractivity contribution in [3.63, 3.8) is 0 Å². The highest BCUT2D eigenvalue weighted by Crippen LogP contribution is 2.27. The Morgan fingerprint density at radius 1 is 1.36 bits per heavy atom. The summed E-state index contributed by atoms with van der Waals surface area (Å²) < 4.78 is 3.50. The summed E-state index contributed by atoms with van der Waals surface area (Å²) >= 11 is 1.33. The fourth-order valence-electron chi connectivity index (χ4n) is 3.73. The number of nitrogens with one attached hydrogen (secondary N) is 3. The van der Waals surface area contributed by atoms with E-state index < -0.39 is 5.69 Å². The van der Waals surface area contributed by atoms with Crippen molar-refractivity contribution in [2.75, 3.05) is 0 Å². The molecule has 1 amide bonds. The van der Waals surface area contributed by atoms with E-state index in [2.05, 4.69) is 25.4 Å². The SMILES string of the molecule is Cn1ccnc1CNC(=O)c1ccc(-c2cc(=NC3CC3)n3nc/c(=C\c4[nH]c(=O)[nH]c4O)c3n2)s1. The van der Waals surface area contributed by atoms with E-state index in [1.54, 1.807) is 29.1 Å². The minimum Gasteiger partial charge on any atom is -0.493 e. The Morgan fingerprint density at radius 2 is 2.22 bits per heavy atom. The Kier molecular flexibility index (Phi) is 5.25. The number of H-pyrrole nitrogens is 2. The second-order valence-electron chi connectivity index (χ2n) is 8.48. The molecule has 0 radical (unpaired) electrons. The Hall–Kier alpha value is -4.52. The number of rotatable bonds is 6. The maximum Gasteiger partial charge on any atom is 0.326 e. The molecule has 0 atom stereocenters. The molecule has 0 spiro atoms. The normalized spacial score (nSPS) is 14.7. The molecular formula is C23H21N9O3S. The third kappa shape index (κ3) is 4.20. The standard InChI is InChI=1S/C23H21N9O3S/c1-31-7-6-24-19(31)11-25-22(34)17-5-4-16(36-17)14-9-18(27-13-2-3-13)32-20(28-14)12(10-26-32)8-15-21(33)30-23(35)29-15/h4-10,13,33H,2-3,11H2,1H3,(H,25,34)(H2,29,30,35)/b12-8+,27-18?. The number of thiophene rings is 1. The fraction of sp³-hybridized carbons (Fsp3) is 0.217. The van der Waals surface area contributed by atoms with Gasteiger partial charge < -0.3 is 20.0 Å². The second kappa shape index (κ2) is 8.61. The summed E-state index contributed by atoms with van der Waals surface area (Å²) in [5.41, 5.74) is 1.53. The van der Waals surface area contributed by atoms with Crippen molar-refractivity contribution in [2.24, 2.45) is 12.0 Å². The second-order valence-corrected chi connectivity index (χ2v) is 9.57. The van der Waals surface area contributed by atoms with E-state index in [1.807, 2.05) is 29.9 Å².